The number of carbonyl (C=O) groups is 1. The molecule has 0 aliphatic heterocycles. The summed E-state index contributed by atoms with van der Waals surface area (Å²) in [5.74, 6) is 4.89. The van der Waals surface area contributed by atoms with E-state index in [4.69, 9.17) is 15.0 Å². The van der Waals surface area contributed by atoms with Gasteiger partial charge < -0.3 is 15.2 Å². The number of rotatable bonds is 10. The van der Waals surface area contributed by atoms with Gasteiger partial charge in [0, 0.05) is 6.54 Å². The van der Waals surface area contributed by atoms with Gasteiger partial charge in [-0.3, -0.25) is 0 Å². The molecular formula is C17H20N2O5S. The fraction of sp³-hybridized carbons (Fsp3) is 0.235. The molecule has 0 heterocycles. The van der Waals surface area contributed by atoms with Gasteiger partial charge in [0.15, 0.2) is 5.75 Å². The quantitative estimate of drug-likeness (QED) is 0.249. The minimum atomic E-state index is -1.06. The average molecular weight is 364 g/mol. The summed E-state index contributed by atoms with van der Waals surface area (Å²) in [6.07, 6.45) is 1.94. The average Bonchev–Trinajstić information content (AvgIpc) is 2.62. The van der Waals surface area contributed by atoms with Crippen molar-refractivity contribution in [3.8, 4) is 11.5 Å². The molecule has 0 aliphatic rings. The number of nitrogens with one attached hydrogen (secondary N) is 1. The number of anilines is 1. The number of nitrogens with two attached hydrogens (primary N) is 1. The van der Waals surface area contributed by atoms with Crippen molar-refractivity contribution in [2.24, 2.45) is 5.90 Å². The molecule has 0 radical (unpaired) electrons. The van der Waals surface area contributed by atoms with E-state index >= 15 is 0 Å². The number of para-hydroxylation sites is 1. The highest BCUT2D eigenvalue weighted by atomic mass is 32.2. The predicted molar refractivity (Wildman–Crippen MR) is 95.5 cm³/mol. The summed E-state index contributed by atoms with van der Waals surface area (Å²) in [6.45, 7) is 2.76. The Morgan fingerprint density at radius 3 is 2.68 bits per heavy atom. The Morgan fingerprint density at radius 2 is 2.04 bits per heavy atom. The van der Waals surface area contributed by atoms with Gasteiger partial charge >= 0.3 is 5.97 Å². The Balaban J connectivity index is 2.42. The van der Waals surface area contributed by atoms with Crippen molar-refractivity contribution in [3.63, 3.8) is 0 Å². The molecule has 0 saturated heterocycles. The third-order valence-electron chi connectivity index (χ3n) is 3.27. The molecular weight excluding hydrogens is 344 g/mol. The van der Waals surface area contributed by atoms with Gasteiger partial charge in [0.25, 0.3) is 0 Å². The van der Waals surface area contributed by atoms with Crippen LogP contribution in [0.25, 0.3) is 0 Å². The van der Waals surface area contributed by atoms with Gasteiger partial charge in [0.1, 0.15) is 5.75 Å². The number of aromatic carboxylic acids is 1. The maximum Gasteiger partial charge on any atom is 0.335 e. The van der Waals surface area contributed by atoms with Crippen LogP contribution in [-0.2, 0) is 9.32 Å². The molecule has 0 atom stereocenters. The Hall–Kier alpha value is -2.26. The molecule has 0 amide bonds. The first-order chi connectivity index (χ1) is 12.2. The Morgan fingerprint density at radius 1 is 1.28 bits per heavy atom. The fourth-order valence-corrected chi connectivity index (χ4v) is 2.60. The largest absolute Gasteiger partial charge is 0.478 e. The van der Waals surface area contributed by atoms with Gasteiger partial charge in [-0.25, -0.2) is 4.79 Å². The SMILES string of the molecule is CCCCNc1cc(C(=O)O)cc(SOON)c1Oc1ccccc1. The molecule has 4 N–H and O–H groups in total. The lowest BCUT2D eigenvalue weighted by Crippen LogP contribution is -2.06. The first-order valence-electron chi connectivity index (χ1n) is 7.74. The molecule has 0 unspecified atom stereocenters. The van der Waals surface area contributed by atoms with Gasteiger partial charge in [-0.05, 0) is 30.7 Å². The van der Waals surface area contributed by atoms with Crippen molar-refractivity contribution in [2.45, 2.75) is 24.7 Å². The molecule has 25 heavy (non-hydrogen) atoms. The third-order valence-corrected chi connectivity index (χ3v) is 3.90. The highest BCUT2D eigenvalue weighted by molar-refractivity contribution is 7.94. The van der Waals surface area contributed by atoms with E-state index in [1.54, 1.807) is 12.1 Å². The van der Waals surface area contributed by atoms with Crippen LogP contribution in [-0.4, -0.2) is 17.6 Å². The monoisotopic (exact) mass is 364 g/mol. The second kappa shape index (κ2) is 9.90. The van der Waals surface area contributed by atoms with Crippen LogP contribution in [0.3, 0.4) is 0 Å². The second-order valence-electron chi connectivity index (χ2n) is 5.10. The first kappa shape index (κ1) is 19.1. The van der Waals surface area contributed by atoms with Gasteiger partial charge in [0.2, 0.25) is 0 Å². The molecule has 0 spiro atoms. The second-order valence-corrected chi connectivity index (χ2v) is 5.84. The highest BCUT2D eigenvalue weighted by Gasteiger charge is 2.18. The molecule has 2 aromatic carbocycles. The van der Waals surface area contributed by atoms with Crippen molar-refractivity contribution in [1.29, 1.82) is 0 Å². The first-order valence-corrected chi connectivity index (χ1v) is 8.48. The van der Waals surface area contributed by atoms with Crippen LogP contribution >= 0.6 is 12.0 Å². The summed E-state index contributed by atoms with van der Waals surface area (Å²) in [5.41, 5.74) is 0.655. The summed E-state index contributed by atoms with van der Waals surface area (Å²) >= 11 is 0.776. The van der Waals surface area contributed by atoms with E-state index in [2.05, 4.69) is 17.2 Å². The van der Waals surface area contributed by atoms with E-state index in [9.17, 15) is 9.90 Å². The number of ether oxygens (including phenoxy) is 1. The summed E-state index contributed by atoms with van der Waals surface area (Å²) < 4.78 is 10.7. The molecule has 0 fully saturated rings. The molecule has 0 bridgehead atoms. The van der Waals surface area contributed by atoms with Crippen LogP contribution in [0.2, 0.25) is 0 Å². The number of carboxylic acid groups (broad SMARTS) is 1. The Labute approximate surface area is 150 Å². The Kier molecular flexibility index (Phi) is 7.55. The fourth-order valence-electron chi connectivity index (χ4n) is 2.09. The van der Waals surface area contributed by atoms with E-state index in [-0.39, 0.29) is 5.56 Å². The zero-order chi connectivity index (χ0) is 18.1. The van der Waals surface area contributed by atoms with E-state index < -0.39 is 5.97 Å². The zero-order valence-electron chi connectivity index (χ0n) is 13.7. The molecule has 0 aromatic heterocycles. The van der Waals surface area contributed by atoms with Crippen LogP contribution in [0.5, 0.6) is 11.5 Å². The molecule has 0 saturated carbocycles. The third kappa shape index (κ3) is 5.64. The molecule has 7 nitrogen and oxygen atoms in total. The normalized spacial score (nSPS) is 10.5. The lowest BCUT2D eigenvalue weighted by atomic mass is 10.1. The molecule has 8 heteroatoms. The van der Waals surface area contributed by atoms with E-state index in [1.165, 1.54) is 12.1 Å². The van der Waals surface area contributed by atoms with E-state index in [0.29, 0.717) is 28.6 Å². The summed E-state index contributed by atoms with van der Waals surface area (Å²) in [4.78, 5) is 16.0. The summed E-state index contributed by atoms with van der Waals surface area (Å²) in [7, 11) is 0. The number of hydrogen-bond acceptors (Lipinski definition) is 7. The standard InChI is InChI=1S/C17H20N2O5S/c1-2-3-9-19-14-10-12(17(20)21)11-15(25-24-23-18)16(14)22-13-7-5-4-6-8-13/h4-8,10-11,19H,2-3,9,18H2,1H3,(H,20,21). The van der Waals surface area contributed by atoms with Crippen LogP contribution in [0.1, 0.15) is 30.1 Å². The van der Waals surface area contributed by atoms with E-state index in [0.717, 1.165) is 24.9 Å². The van der Waals surface area contributed by atoms with Crippen molar-refractivity contribution in [3.05, 3.63) is 48.0 Å². The summed E-state index contributed by atoms with van der Waals surface area (Å²) in [6, 6.07) is 12.1. The maximum atomic E-state index is 11.4. The molecule has 2 aromatic rings. The Bertz CT molecular complexity index is 697. The maximum absolute atomic E-state index is 11.4. The van der Waals surface area contributed by atoms with Crippen molar-refractivity contribution in [2.75, 3.05) is 11.9 Å². The summed E-state index contributed by atoms with van der Waals surface area (Å²) in [5, 5.41) is 12.6. The van der Waals surface area contributed by atoms with Crippen LogP contribution in [0, 0.1) is 0 Å². The van der Waals surface area contributed by atoms with Crippen molar-refractivity contribution < 1.29 is 24.0 Å². The number of benzene rings is 2. The number of carboxylic acids is 1. The lowest BCUT2D eigenvalue weighted by molar-refractivity contribution is -0.195. The topological polar surface area (TPSA) is 103 Å². The lowest BCUT2D eigenvalue weighted by Gasteiger charge is -2.17. The zero-order valence-corrected chi connectivity index (χ0v) is 14.5. The number of hydrogen-bond donors (Lipinski definition) is 3. The van der Waals surface area contributed by atoms with Crippen LogP contribution < -0.4 is 16.0 Å². The minimum absolute atomic E-state index is 0.0996. The van der Waals surface area contributed by atoms with Gasteiger partial charge in [-0.15, -0.1) is 9.32 Å². The molecule has 134 valence electrons. The van der Waals surface area contributed by atoms with Crippen molar-refractivity contribution >= 4 is 23.7 Å². The van der Waals surface area contributed by atoms with Crippen LogP contribution in [0.15, 0.2) is 47.4 Å². The van der Waals surface area contributed by atoms with Crippen molar-refractivity contribution in [1.82, 2.24) is 0 Å². The smallest absolute Gasteiger partial charge is 0.335 e. The van der Waals surface area contributed by atoms with Gasteiger partial charge in [-0.2, -0.15) is 5.90 Å². The predicted octanol–water partition coefficient (Wildman–Crippen LogP) is 4.22. The van der Waals surface area contributed by atoms with Gasteiger partial charge in [0.05, 0.1) is 28.2 Å². The van der Waals surface area contributed by atoms with Crippen LogP contribution in [0.4, 0.5) is 5.69 Å². The minimum Gasteiger partial charge on any atom is -0.478 e. The molecule has 0 aliphatic carbocycles. The molecule has 2 rings (SSSR count). The highest BCUT2D eigenvalue weighted by Crippen LogP contribution is 2.40. The van der Waals surface area contributed by atoms with Gasteiger partial charge in [-0.1, -0.05) is 31.5 Å². The van der Waals surface area contributed by atoms with E-state index in [1.807, 2.05) is 18.2 Å². The number of unbranched alkanes of at least 4 members (excludes halogenated alkanes) is 1.